The van der Waals surface area contributed by atoms with E-state index in [2.05, 4.69) is 57.2 Å². The van der Waals surface area contributed by atoms with Crippen LogP contribution in [0.2, 0.25) is 0 Å². The fraction of sp³-hybridized carbons (Fsp3) is 0.871. The summed E-state index contributed by atoms with van der Waals surface area (Å²) in [6.07, 6.45) is 80.7. The van der Waals surface area contributed by atoms with Crippen LogP contribution in [0.3, 0.4) is 0 Å². The number of carbonyl (C=O) groups excluding carboxylic acids is 3. The van der Waals surface area contributed by atoms with Crippen molar-refractivity contribution in [3.8, 4) is 0 Å². The molecule has 0 fully saturated rings. The highest BCUT2D eigenvalue weighted by atomic mass is 16.6. The van der Waals surface area contributed by atoms with Crippen LogP contribution in [0.15, 0.2) is 36.5 Å². The molecule has 6 heteroatoms. The van der Waals surface area contributed by atoms with Gasteiger partial charge in [-0.15, -0.1) is 0 Å². The standard InChI is InChI=1S/C70H130O6/c1-4-7-10-13-16-18-20-22-24-26-28-29-30-31-32-33-34-35-36-37-38-39-40-41-43-44-46-48-50-52-54-57-60-63-69(72)75-66-67(65-74-68(71)62-59-56-15-12-9-6-3)76-70(73)64-61-58-55-53-51-49-47-45-42-27-25-23-21-19-17-14-11-8-5-2/h20,22,26,28,30-31,67H,4-19,21,23-25,27,29,32-66H2,1-3H3/b22-20-,28-26-,31-30-. The van der Waals surface area contributed by atoms with Crippen LogP contribution in [0, 0.1) is 0 Å². The van der Waals surface area contributed by atoms with Crippen LogP contribution in [-0.4, -0.2) is 37.2 Å². The first kappa shape index (κ1) is 73.6. The molecule has 0 aromatic carbocycles. The minimum atomic E-state index is -0.765. The zero-order chi connectivity index (χ0) is 55.0. The maximum Gasteiger partial charge on any atom is 0.306 e. The minimum absolute atomic E-state index is 0.0659. The lowest BCUT2D eigenvalue weighted by molar-refractivity contribution is -0.167. The van der Waals surface area contributed by atoms with Gasteiger partial charge in [0.1, 0.15) is 13.2 Å². The number of hydrogen-bond donors (Lipinski definition) is 0. The van der Waals surface area contributed by atoms with Crippen molar-refractivity contribution < 1.29 is 28.6 Å². The molecule has 0 amide bonds. The molecule has 0 rings (SSSR count). The molecule has 0 radical (unpaired) electrons. The predicted octanol–water partition coefficient (Wildman–Crippen LogP) is 23.2. The normalized spacial score (nSPS) is 12.2. The van der Waals surface area contributed by atoms with Crippen LogP contribution in [0.25, 0.3) is 0 Å². The van der Waals surface area contributed by atoms with E-state index in [1.54, 1.807) is 0 Å². The topological polar surface area (TPSA) is 78.9 Å². The molecule has 0 aliphatic rings. The van der Waals surface area contributed by atoms with Gasteiger partial charge in [0.05, 0.1) is 0 Å². The molecule has 0 saturated carbocycles. The van der Waals surface area contributed by atoms with Crippen LogP contribution >= 0.6 is 0 Å². The second kappa shape index (κ2) is 65.2. The molecule has 6 nitrogen and oxygen atoms in total. The highest BCUT2D eigenvalue weighted by Gasteiger charge is 2.19. The van der Waals surface area contributed by atoms with Gasteiger partial charge in [0, 0.05) is 19.3 Å². The lowest BCUT2D eigenvalue weighted by Gasteiger charge is -2.18. The third kappa shape index (κ3) is 62.5. The highest BCUT2D eigenvalue weighted by molar-refractivity contribution is 5.71. The monoisotopic (exact) mass is 1070 g/mol. The van der Waals surface area contributed by atoms with Gasteiger partial charge in [0.25, 0.3) is 0 Å². The van der Waals surface area contributed by atoms with E-state index in [4.69, 9.17) is 14.2 Å². The van der Waals surface area contributed by atoms with Crippen molar-refractivity contribution >= 4 is 17.9 Å². The Morgan fingerprint density at radius 1 is 0.263 bits per heavy atom. The summed E-state index contributed by atoms with van der Waals surface area (Å²) < 4.78 is 16.8. The van der Waals surface area contributed by atoms with Crippen LogP contribution in [0.5, 0.6) is 0 Å². The van der Waals surface area contributed by atoms with E-state index in [0.29, 0.717) is 19.3 Å². The summed E-state index contributed by atoms with van der Waals surface area (Å²) >= 11 is 0. The van der Waals surface area contributed by atoms with E-state index in [0.717, 1.165) is 70.6 Å². The summed E-state index contributed by atoms with van der Waals surface area (Å²) in [5.41, 5.74) is 0. The molecule has 0 bridgehead atoms. The van der Waals surface area contributed by atoms with Gasteiger partial charge >= 0.3 is 17.9 Å². The first-order valence-electron chi connectivity index (χ1n) is 34.0. The third-order valence-corrected chi connectivity index (χ3v) is 15.4. The van der Waals surface area contributed by atoms with Crippen molar-refractivity contribution in [3.05, 3.63) is 36.5 Å². The second-order valence-electron chi connectivity index (χ2n) is 23.1. The van der Waals surface area contributed by atoms with E-state index >= 15 is 0 Å². The van der Waals surface area contributed by atoms with Gasteiger partial charge in [-0.05, 0) is 57.8 Å². The average Bonchev–Trinajstić information content (AvgIpc) is 3.42. The Labute approximate surface area is 474 Å². The zero-order valence-electron chi connectivity index (χ0n) is 51.3. The maximum absolute atomic E-state index is 12.8. The number of carbonyl (C=O) groups is 3. The third-order valence-electron chi connectivity index (χ3n) is 15.4. The Kier molecular flexibility index (Phi) is 63.1. The number of unbranched alkanes of at least 4 members (excludes halogenated alkanes) is 46. The van der Waals surface area contributed by atoms with E-state index in [9.17, 15) is 14.4 Å². The summed E-state index contributed by atoms with van der Waals surface area (Å²) in [4.78, 5) is 38.0. The van der Waals surface area contributed by atoms with Crippen LogP contribution in [-0.2, 0) is 28.6 Å². The molecule has 76 heavy (non-hydrogen) atoms. The van der Waals surface area contributed by atoms with Crippen LogP contribution in [0.4, 0.5) is 0 Å². The Hall–Kier alpha value is -2.37. The molecule has 1 unspecified atom stereocenters. The number of ether oxygens (including phenoxy) is 3. The van der Waals surface area contributed by atoms with Gasteiger partial charge in [0.2, 0.25) is 0 Å². The molecule has 446 valence electrons. The molecule has 0 aliphatic carbocycles. The number of esters is 3. The summed E-state index contributed by atoms with van der Waals surface area (Å²) in [5, 5.41) is 0. The van der Waals surface area contributed by atoms with E-state index in [-0.39, 0.29) is 31.1 Å². The fourth-order valence-electron chi connectivity index (χ4n) is 10.3. The smallest absolute Gasteiger partial charge is 0.306 e. The van der Waals surface area contributed by atoms with Crippen molar-refractivity contribution in [1.29, 1.82) is 0 Å². The summed E-state index contributed by atoms with van der Waals surface area (Å²) in [7, 11) is 0. The fourth-order valence-corrected chi connectivity index (χ4v) is 10.3. The molecule has 0 N–H and O–H groups in total. The lowest BCUT2D eigenvalue weighted by Crippen LogP contribution is -2.30. The van der Waals surface area contributed by atoms with Crippen LogP contribution in [0.1, 0.15) is 374 Å². The molecular weight excluding hydrogens is 937 g/mol. The van der Waals surface area contributed by atoms with Crippen molar-refractivity contribution in [3.63, 3.8) is 0 Å². The maximum atomic E-state index is 12.8. The van der Waals surface area contributed by atoms with Gasteiger partial charge < -0.3 is 14.2 Å². The number of hydrogen-bond acceptors (Lipinski definition) is 6. The minimum Gasteiger partial charge on any atom is -0.462 e. The first-order valence-corrected chi connectivity index (χ1v) is 34.0. The summed E-state index contributed by atoms with van der Waals surface area (Å²) in [6.45, 7) is 6.63. The van der Waals surface area contributed by atoms with Gasteiger partial charge in [-0.25, -0.2) is 0 Å². The van der Waals surface area contributed by atoms with Gasteiger partial charge in [-0.3, -0.25) is 14.4 Å². The van der Waals surface area contributed by atoms with E-state index in [1.807, 2.05) is 0 Å². The van der Waals surface area contributed by atoms with Crippen molar-refractivity contribution in [2.75, 3.05) is 13.2 Å². The molecule has 0 aliphatic heterocycles. The quantitative estimate of drug-likeness (QED) is 0.0261. The molecule has 0 aromatic rings. The van der Waals surface area contributed by atoms with Gasteiger partial charge in [-0.2, -0.15) is 0 Å². The van der Waals surface area contributed by atoms with Gasteiger partial charge in [0.15, 0.2) is 6.10 Å². The van der Waals surface area contributed by atoms with Gasteiger partial charge in [-0.1, -0.05) is 333 Å². The molecule has 0 heterocycles. The Morgan fingerprint density at radius 2 is 0.474 bits per heavy atom. The zero-order valence-corrected chi connectivity index (χ0v) is 51.3. The van der Waals surface area contributed by atoms with E-state index in [1.165, 1.54) is 263 Å². The van der Waals surface area contributed by atoms with Crippen LogP contribution < -0.4 is 0 Å². The molecular formula is C70H130O6. The van der Waals surface area contributed by atoms with Crippen molar-refractivity contribution in [2.45, 2.75) is 380 Å². The van der Waals surface area contributed by atoms with E-state index < -0.39 is 6.10 Å². The SMILES string of the molecule is CCCCCCC/C=C\C/C=C\C/C=C\CCCCCCCCCCCCCCCCCCCCC(=O)OCC(COC(=O)CCCCCCCC)OC(=O)CCCCCCCCCCCCCCCCCCCCC. The number of rotatable bonds is 63. The predicted molar refractivity (Wildman–Crippen MR) is 330 cm³/mol. The molecule has 0 aromatic heterocycles. The Morgan fingerprint density at radius 3 is 0.737 bits per heavy atom. The summed E-state index contributed by atoms with van der Waals surface area (Å²) in [5.74, 6) is -0.850. The second-order valence-corrected chi connectivity index (χ2v) is 23.1. The molecule has 0 saturated heterocycles. The molecule has 1 atom stereocenters. The average molecular weight is 1070 g/mol. The Bertz CT molecular complexity index is 1270. The Balaban J connectivity index is 3.94. The largest absolute Gasteiger partial charge is 0.462 e. The highest BCUT2D eigenvalue weighted by Crippen LogP contribution is 2.18. The summed E-state index contributed by atoms with van der Waals surface area (Å²) in [6, 6.07) is 0. The number of allylic oxidation sites excluding steroid dienone is 6. The first-order chi connectivity index (χ1) is 37.5. The van der Waals surface area contributed by atoms with Crippen molar-refractivity contribution in [1.82, 2.24) is 0 Å². The van der Waals surface area contributed by atoms with Crippen molar-refractivity contribution in [2.24, 2.45) is 0 Å². The lowest BCUT2D eigenvalue weighted by atomic mass is 10.0. The molecule has 0 spiro atoms.